The molecule has 4 nitrogen and oxygen atoms in total. The van der Waals surface area contributed by atoms with E-state index in [0.717, 1.165) is 16.6 Å². The van der Waals surface area contributed by atoms with E-state index >= 15 is 0 Å². The minimum atomic E-state index is 0. The molecule has 0 radical (unpaired) electrons. The van der Waals surface area contributed by atoms with Gasteiger partial charge in [-0.3, -0.25) is 0 Å². The molecular formula is C38H43AuN4+2. The second-order valence-corrected chi connectivity index (χ2v) is 12.3. The quantitative estimate of drug-likeness (QED) is 0.128. The van der Waals surface area contributed by atoms with Gasteiger partial charge < -0.3 is 9.97 Å². The van der Waals surface area contributed by atoms with Gasteiger partial charge in [0, 0.05) is 22.3 Å². The Labute approximate surface area is 272 Å². The van der Waals surface area contributed by atoms with Crippen LogP contribution in [0.3, 0.4) is 0 Å². The number of hydrogen-bond donors (Lipinski definition) is 0. The average Bonchev–Trinajstić information content (AvgIpc) is 3.61. The summed E-state index contributed by atoms with van der Waals surface area (Å²) >= 11 is 0. The molecule has 0 aliphatic carbocycles. The minimum Gasteiger partial charge on any atom is -0.442 e. The van der Waals surface area contributed by atoms with Crippen LogP contribution in [0, 0.1) is 0 Å². The topological polar surface area (TPSA) is 33.0 Å². The van der Waals surface area contributed by atoms with E-state index in [9.17, 15) is 0 Å². The maximum atomic E-state index is 4.40. The SMILES string of the molecule is CC(C)c1cccc(C(C)C)c1[N+]1=C=[N+](c2c(C(C)C)cccc2C(C)C)C=C1.[Au+].c1ccc2c(c1)[n-]c1ncccc12. The summed E-state index contributed by atoms with van der Waals surface area (Å²) in [6.07, 6.45) is 6.09. The van der Waals surface area contributed by atoms with Crippen LogP contribution in [0.25, 0.3) is 21.9 Å². The van der Waals surface area contributed by atoms with Crippen molar-refractivity contribution in [1.29, 1.82) is 0 Å². The van der Waals surface area contributed by atoms with E-state index in [0.29, 0.717) is 23.7 Å². The van der Waals surface area contributed by atoms with Gasteiger partial charge in [-0.2, -0.15) is 0 Å². The van der Waals surface area contributed by atoms with Crippen LogP contribution >= 0.6 is 0 Å². The van der Waals surface area contributed by atoms with Crippen molar-refractivity contribution < 1.29 is 31.5 Å². The molecule has 1 aliphatic heterocycles. The van der Waals surface area contributed by atoms with Crippen LogP contribution in [0.5, 0.6) is 0 Å². The summed E-state index contributed by atoms with van der Waals surface area (Å²) in [5.74, 6) is 1.84. The van der Waals surface area contributed by atoms with Crippen molar-refractivity contribution in [3.8, 4) is 0 Å². The normalized spacial score (nSPS) is 12.7. The second kappa shape index (κ2) is 13.8. The molecule has 43 heavy (non-hydrogen) atoms. The van der Waals surface area contributed by atoms with Crippen molar-refractivity contribution in [2.45, 2.75) is 79.1 Å². The number of para-hydroxylation sites is 3. The Kier molecular flexibility index (Phi) is 10.4. The summed E-state index contributed by atoms with van der Waals surface area (Å²) in [7, 11) is 0. The number of nitrogens with zero attached hydrogens (tertiary/aromatic N) is 4. The average molecular weight is 753 g/mol. The Morgan fingerprint density at radius 3 is 1.47 bits per heavy atom. The molecule has 0 saturated carbocycles. The van der Waals surface area contributed by atoms with E-state index in [2.05, 4.69) is 141 Å². The first-order valence-electron chi connectivity index (χ1n) is 15.2. The molecule has 1 aliphatic rings. The van der Waals surface area contributed by atoms with Crippen molar-refractivity contribution >= 4 is 39.3 Å². The summed E-state index contributed by atoms with van der Waals surface area (Å²) in [5, 5.41) is 2.32. The molecule has 3 heterocycles. The fourth-order valence-electron chi connectivity index (χ4n) is 5.75. The van der Waals surface area contributed by atoms with Crippen LogP contribution in [-0.4, -0.2) is 20.1 Å². The first kappa shape index (κ1) is 32.4. The number of fused-ring (bicyclic) bond motifs is 3. The Balaban J connectivity index is 0.000000250. The van der Waals surface area contributed by atoms with Crippen molar-refractivity contribution in [3.63, 3.8) is 0 Å². The van der Waals surface area contributed by atoms with Gasteiger partial charge in [0.15, 0.2) is 0 Å². The monoisotopic (exact) mass is 752 g/mol. The summed E-state index contributed by atoms with van der Waals surface area (Å²) < 4.78 is 4.40. The molecular weight excluding hydrogens is 709 g/mol. The van der Waals surface area contributed by atoms with Crippen molar-refractivity contribution in [1.82, 2.24) is 9.97 Å². The number of pyridine rings is 1. The standard InChI is InChI=1S/C27H36N2.C11H7N2.Au/c1-18(2)22-11-9-12-23(19(3)4)26(22)28-15-16-29(17-28)27-24(20(5)6)13-10-14-25(27)21(7)8;1-2-6-10-8(4-1)9-5-3-7-12-11(9)13-10;/h9-16,18-21H,1-8H3;1-7H;/q+2;-1;+1. The molecule has 0 amide bonds. The van der Waals surface area contributed by atoms with Crippen LogP contribution < -0.4 is 4.98 Å². The molecule has 0 fully saturated rings. The van der Waals surface area contributed by atoms with Gasteiger partial charge >= 0.3 is 28.4 Å². The van der Waals surface area contributed by atoms with Gasteiger partial charge in [0.05, 0.1) is 0 Å². The van der Waals surface area contributed by atoms with Gasteiger partial charge in [-0.05, 0) is 40.0 Å². The zero-order valence-electron chi connectivity index (χ0n) is 26.6. The molecule has 0 atom stereocenters. The van der Waals surface area contributed by atoms with Crippen LogP contribution in [0.1, 0.15) is 101 Å². The molecule has 0 unspecified atom stereocenters. The van der Waals surface area contributed by atoms with Gasteiger partial charge in [0.25, 0.3) is 12.4 Å². The van der Waals surface area contributed by atoms with Crippen molar-refractivity contribution in [2.75, 3.05) is 0 Å². The first-order chi connectivity index (χ1) is 20.2. The molecule has 5 heteroatoms. The van der Waals surface area contributed by atoms with Crippen LogP contribution in [-0.2, 0) is 22.4 Å². The van der Waals surface area contributed by atoms with Gasteiger partial charge in [0.2, 0.25) is 11.4 Å². The molecule has 5 aromatic rings. The molecule has 2 aromatic heterocycles. The molecule has 0 bridgehead atoms. The predicted molar refractivity (Wildman–Crippen MR) is 176 cm³/mol. The number of hydrogen-bond acceptors (Lipinski definition) is 1. The molecule has 6 rings (SSSR count). The zero-order chi connectivity index (χ0) is 30.0. The van der Waals surface area contributed by atoms with E-state index in [1.165, 1.54) is 39.0 Å². The van der Waals surface area contributed by atoms with Crippen molar-refractivity contribution in [2.24, 2.45) is 0 Å². The Morgan fingerprint density at radius 2 is 1.00 bits per heavy atom. The minimum absolute atomic E-state index is 0. The third-order valence-corrected chi connectivity index (χ3v) is 7.95. The third kappa shape index (κ3) is 6.69. The molecule has 0 N–H and O–H groups in total. The van der Waals surface area contributed by atoms with Crippen molar-refractivity contribution in [3.05, 3.63) is 114 Å². The van der Waals surface area contributed by atoms with E-state index in [1.54, 1.807) is 6.20 Å². The Bertz CT molecular complexity index is 1650. The molecule has 0 spiro atoms. The van der Waals surface area contributed by atoms with Crippen LogP contribution in [0.2, 0.25) is 0 Å². The smallest absolute Gasteiger partial charge is 0.442 e. The van der Waals surface area contributed by atoms with Crippen LogP contribution in [0.15, 0.2) is 91.4 Å². The van der Waals surface area contributed by atoms with E-state index < -0.39 is 0 Å². The fraction of sp³-hybridized carbons (Fsp3) is 0.316. The Morgan fingerprint density at radius 1 is 0.558 bits per heavy atom. The maximum Gasteiger partial charge on any atom is 1.00 e. The largest absolute Gasteiger partial charge is 1.00 e. The van der Waals surface area contributed by atoms with E-state index in [1.807, 2.05) is 24.3 Å². The predicted octanol–water partition coefficient (Wildman–Crippen LogP) is 10.2. The molecule has 0 saturated heterocycles. The van der Waals surface area contributed by atoms with Gasteiger partial charge in [-0.15, -0.1) is 0 Å². The number of benzene rings is 3. The summed E-state index contributed by atoms with van der Waals surface area (Å²) in [5.41, 5.74) is 9.91. The molecule has 224 valence electrons. The molecule has 3 aromatic carbocycles. The van der Waals surface area contributed by atoms with Crippen LogP contribution in [0.4, 0.5) is 11.4 Å². The van der Waals surface area contributed by atoms with E-state index in [-0.39, 0.29) is 22.4 Å². The van der Waals surface area contributed by atoms with Gasteiger partial charge in [-0.25, -0.2) is 0 Å². The summed E-state index contributed by atoms with van der Waals surface area (Å²) in [4.78, 5) is 8.61. The summed E-state index contributed by atoms with van der Waals surface area (Å²) in [6, 6.07) is 29.2. The fourth-order valence-corrected chi connectivity index (χ4v) is 5.75. The van der Waals surface area contributed by atoms with Gasteiger partial charge in [0.1, 0.15) is 0 Å². The summed E-state index contributed by atoms with van der Waals surface area (Å²) in [6.45, 7) is 18.2. The number of rotatable bonds is 6. The third-order valence-electron chi connectivity index (χ3n) is 7.95. The van der Waals surface area contributed by atoms with E-state index in [4.69, 9.17) is 0 Å². The second-order valence-electron chi connectivity index (χ2n) is 12.3. The first-order valence-corrected chi connectivity index (χ1v) is 15.2. The van der Waals surface area contributed by atoms with Gasteiger partial charge in [-0.1, -0.05) is 149 Å². The number of aromatic nitrogens is 2. The maximum absolute atomic E-state index is 4.40. The Hall–Kier alpha value is -3.53. The zero-order valence-corrected chi connectivity index (χ0v) is 28.7.